The minimum Gasteiger partial charge on any atom is -0.383 e. The summed E-state index contributed by atoms with van der Waals surface area (Å²) in [6.07, 6.45) is 9.14. The Balaban J connectivity index is 2.09. The summed E-state index contributed by atoms with van der Waals surface area (Å²) in [5.74, 6) is 0.779. The van der Waals surface area contributed by atoms with E-state index in [2.05, 4.69) is 5.32 Å². The van der Waals surface area contributed by atoms with Crippen LogP contribution >= 0.6 is 11.6 Å². The Morgan fingerprint density at radius 1 is 1.33 bits per heavy atom. The molecule has 0 radical (unpaired) electrons. The highest BCUT2D eigenvalue weighted by Gasteiger charge is 2.16. The van der Waals surface area contributed by atoms with Crippen LogP contribution in [0.2, 0.25) is 0 Å². The van der Waals surface area contributed by atoms with Crippen LogP contribution in [-0.4, -0.2) is 31.5 Å². The summed E-state index contributed by atoms with van der Waals surface area (Å²) >= 11 is 6.00. The molecule has 0 heterocycles. The van der Waals surface area contributed by atoms with Gasteiger partial charge in [-0.15, -0.1) is 11.6 Å². The van der Waals surface area contributed by atoms with Crippen molar-refractivity contribution in [2.24, 2.45) is 5.92 Å². The van der Waals surface area contributed by atoms with Gasteiger partial charge in [0.15, 0.2) is 0 Å². The van der Waals surface area contributed by atoms with Gasteiger partial charge in [-0.3, -0.25) is 4.79 Å². The standard InChI is InChI=1S/C14H26ClNO2/c1-18-11-13(15)8-9-16-14(17)10-12-6-4-2-3-5-7-12/h12-13H,2-11H2,1H3,(H,16,17). The zero-order chi connectivity index (χ0) is 13.2. The van der Waals surface area contributed by atoms with Crippen molar-refractivity contribution in [3.63, 3.8) is 0 Å². The first-order valence-electron chi connectivity index (χ1n) is 7.12. The van der Waals surface area contributed by atoms with Gasteiger partial charge in [0.2, 0.25) is 5.91 Å². The van der Waals surface area contributed by atoms with Gasteiger partial charge >= 0.3 is 0 Å². The van der Waals surface area contributed by atoms with E-state index in [0.717, 1.165) is 6.42 Å². The van der Waals surface area contributed by atoms with Crippen molar-refractivity contribution in [3.8, 4) is 0 Å². The molecule has 0 aromatic heterocycles. The third-order valence-electron chi connectivity index (χ3n) is 3.58. The lowest BCUT2D eigenvalue weighted by molar-refractivity contribution is -0.122. The SMILES string of the molecule is COCC(Cl)CCNC(=O)CC1CCCCCC1. The molecule has 0 aromatic carbocycles. The van der Waals surface area contributed by atoms with Crippen molar-refractivity contribution < 1.29 is 9.53 Å². The average Bonchev–Trinajstić information content (AvgIpc) is 2.58. The van der Waals surface area contributed by atoms with Crippen LogP contribution in [0, 0.1) is 5.92 Å². The van der Waals surface area contributed by atoms with Crippen LogP contribution in [0.4, 0.5) is 0 Å². The van der Waals surface area contributed by atoms with Crippen molar-refractivity contribution in [1.29, 1.82) is 0 Å². The second kappa shape index (κ2) is 9.62. The molecule has 1 aliphatic carbocycles. The van der Waals surface area contributed by atoms with Gasteiger partial charge in [-0.25, -0.2) is 0 Å². The summed E-state index contributed by atoms with van der Waals surface area (Å²) < 4.78 is 4.95. The maximum atomic E-state index is 11.8. The quantitative estimate of drug-likeness (QED) is 0.573. The van der Waals surface area contributed by atoms with Gasteiger partial charge in [0.25, 0.3) is 0 Å². The topological polar surface area (TPSA) is 38.3 Å². The highest BCUT2D eigenvalue weighted by Crippen LogP contribution is 2.25. The molecule has 1 fully saturated rings. The summed E-state index contributed by atoms with van der Waals surface area (Å²) in [6, 6.07) is 0. The molecule has 0 bridgehead atoms. The highest BCUT2D eigenvalue weighted by molar-refractivity contribution is 6.20. The predicted molar refractivity (Wildman–Crippen MR) is 75.0 cm³/mol. The Kier molecular flexibility index (Phi) is 8.44. The van der Waals surface area contributed by atoms with Crippen molar-refractivity contribution in [3.05, 3.63) is 0 Å². The van der Waals surface area contributed by atoms with E-state index in [-0.39, 0.29) is 11.3 Å². The third-order valence-corrected chi connectivity index (χ3v) is 3.92. The lowest BCUT2D eigenvalue weighted by Crippen LogP contribution is -2.28. The smallest absolute Gasteiger partial charge is 0.220 e. The molecule has 0 aromatic rings. The second-order valence-electron chi connectivity index (χ2n) is 5.25. The van der Waals surface area contributed by atoms with Gasteiger partial charge in [-0.05, 0) is 25.2 Å². The summed E-state index contributed by atoms with van der Waals surface area (Å²) in [6.45, 7) is 1.20. The Labute approximate surface area is 116 Å². The fourth-order valence-electron chi connectivity index (χ4n) is 2.53. The maximum absolute atomic E-state index is 11.8. The van der Waals surface area contributed by atoms with Crippen LogP contribution in [0.1, 0.15) is 51.4 Å². The normalized spacial score (nSPS) is 19.2. The average molecular weight is 276 g/mol. The maximum Gasteiger partial charge on any atom is 0.220 e. The van der Waals surface area contributed by atoms with Gasteiger partial charge in [0.1, 0.15) is 0 Å². The Morgan fingerprint density at radius 2 is 2.00 bits per heavy atom. The highest BCUT2D eigenvalue weighted by atomic mass is 35.5. The summed E-state index contributed by atoms with van der Waals surface area (Å²) in [5, 5.41) is 2.95. The number of alkyl halides is 1. The zero-order valence-electron chi connectivity index (χ0n) is 11.4. The number of ether oxygens (including phenoxy) is 1. The molecule has 0 saturated heterocycles. The molecule has 1 atom stereocenters. The van der Waals surface area contributed by atoms with E-state index in [9.17, 15) is 4.79 Å². The van der Waals surface area contributed by atoms with E-state index in [1.807, 2.05) is 0 Å². The molecule has 1 amide bonds. The summed E-state index contributed by atoms with van der Waals surface area (Å²) in [4.78, 5) is 11.8. The first-order valence-corrected chi connectivity index (χ1v) is 7.55. The monoisotopic (exact) mass is 275 g/mol. The van der Waals surface area contributed by atoms with E-state index in [4.69, 9.17) is 16.3 Å². The second-order valence-corrected chi connectivity index (χ2v) is 5.87. The number of hydrogen-bond acceptors (Lipinski definition) is 2. The molecule has 106 valence electrons. The Bertz CT molecular complexity index is 228. The lowest BCUT2D eigenvalue weighted by Gasteiger charge is -2.14. The van der Waals surface area contributed by atoms with Crippen LogP contribution in [0.5, 0.6) is 0 Å². The van der Waals surface area contributed by atoms with E-state index in [0.29, 0.717) is 25.5 Å². The molecular formula is C14H26ClNO2. The first-order chi connectivity index (χ1) is 8.72. The fraction of sp³-hybridized carbons (Fsp3) is 0.929. The van der Waals surface area contributed by atoms with E-state index >= 15 is 0 Å². The summed E-state index contributed by atoms with van der Waals surface area (Å²) in [5.41, 5.74) is 0. The van der Waals surface area contributed by atoms with Crippen molar-refractivity contribution >= 4 is 17.5 Å². The lowest BCUT2D eigenvalue weighted by atomic mass is 9.96. The van der Waals surface area contributed by atoms with Crippen LogP contribution in [0.15, 0.2) is 0 Å². The molecule has 1 N–H and O–H groups in total. The molecule has 1 saturated carbocycles. The number of carbonyl (C=O) groups excluding carboxylic acids is 1. The van der Waals surface area contributed by atoms with Crippen LogP contribution in [-0.2, 0) is 9.53 Å². The van der Waals surface area contributed by atoms with Gasteiger partial charge in [0.05, 0.1) is 12.0 Å². The zero-order valence-corrected chi connectivity index (χ0v) is 12.2. The van der Waals surface area contributed by atoms with Crippen molar-refractivity contribution in [2.45, 2.75) is 56.7 Å². The number of hydrogen-bond donors (Lipinski definition) is 1. The Hall–Kier alpha value is -0.280. The van der Waals surface area contributed by atoms with Crippen LogP contribution in [0.3, 0.4) is 0 Å². The first kappa shape index (κ1) is 15.8. The van der Waals surface area contributed by atoms with Gasteiger partial charge in [-0.1, -0.05) is 25.7 Å². The number of halogens is 1. The number of methoxy groups -OCH3 is 1. The van der Waals surface area contributed by atoms with E-state index in [1.165, 1.54) is 38.5 Å². The molecule has 1 rings (SSSR count). The molecule has 18 heavy (non-hydrogen) atoms. The molecular weight excluding hydrogens is 250 g/mol. The Morgan fingerprint density at radius 3 is 2.61 bits per heavy atom. The molecule has 1 unspecified atom stereocenters. The van der Waals surface area contributed by atoms with Gasteiger partial charge in [-0.2, -0.15) is 0 Å². The predicted octanol–water partition coefficient (Wildman–Crippen LogP) is 3.11. The summed E-state index contributed by atoms with van der Waals surface area (Å²) in [7, 11) is 1.64. The van der Waals surface area contributed by atoms with Gasteiger partial charge in [0, 0.05) is 20.1 Å². The van der Waals surface area contributed by atoms with Crippen molar-refractivity contribution in [1.82, 2.24) is 5.32 Å². The minimum atomic E-state index is -0.00631. The number of carbonyl (C=O) groups is 1. The van der Waals surface area contributed by atoms with E-state index in [1.54, 1.807) is 7.11 Å². The van der Waals surface area contributed by atoms with Crippen molar-refractivity contribution in [2.75, 3.05) is 20.3 Å². The molecule has 0 spiro atoms. The molecule has 0 aliphatic heterocycles. The van der Waals surface area contributed by atoms with Crippen LogP contribution < -0.4 is 5.32 Å². The number of amides is 1. The largest absolute Gasteiger partial charge is 0.383 e. The molecule has 1 aliphatic rings. The number of rotatable bonds is 7. The van der Waals surface area contributed by atoms with Crippen LogP contribution in [0.25, 0.3) is 0 Å². The fourth-order valence-corrected chi connectivity index (χ4v) is 2.77. The third kappa shape index (κ3) is 7.22. The molecule has 3 nitrogen and oxygen atoms in total. The van der Waals surface area contributed by atoms with E-state index < -0.39 is 0 Å². The molecule has 4 heteroatoms. The van der Waals surface area contributed by atoms with Gasteiger partial charge < -0.3 is 10.1 Å². The minimum absolute atomic E-state index is 0.00631. The number of nitrogens with one attached hydrogen (secondary N) is 1.